The summed E-state index contributed by atoms with van der Waals surface area (Å²) in [7, 11) is 0. The Bertz CT molecular complexity index is 608. The van der Waals surface area contributed by atoms with Crippen molar-refractivity contribution in [2.24, 2.45) is 5.73 Å². The predicted molar refractivity (Wildman–Crippen MR) is 78.3 cm³/mol. The van der Waals surface area contributed by atoms with Gasteiger partial charge in [-0.3, -0.25) is 0 Å². The summed E-state index contributed by atoms with van der Waals surface area (Å²) >= 11 is 3.43. The quantitative estimate of drug-likeness (QED) is 0.910. The van der Waals surface area contributed by atoms with Crippen LogP contribution in [-0.4, -0.2) is 11.1 Å². The number of hydrogen-bond donors (Lipinski definition) is 2. The summed E-state index contributed by atoms with van der Waals surface area (Å²) in [5.74, 6) is -0.932. The van der Waals surface area contributed by atoms with Gasteiger partial charge in [0, 0.05) is 4.47 Å². The molecule has 0 heterocycles. The van der Waals surface area contributed by atoms with Crippen LogP contribution in [0.5, 0.6) is 0 Å². The standard InChI is InChI=1S/C15H14BrNO2/c1-9-2-7-12(16)8-13(9)14(17)10-3-5-11(6-4-10)15(18)19/h2-8,14H,17H2,1H3,(H,18,19). The first-order valence-electron chi connectivity index (χ1n) is 5.84. The average molecular weight is 320 g/mol. The van der Waals surface area contributed by atoms with Crippen molar-refractivity contribution in [1.29, 1.82) is 0 Å². The van der Waals surface area contributed by atoms with Crippen molar-refractivity contribution >= 4 is 21.9 Å². The van der Waals surface area contributed by atoms with E-state index in [0.717, 1.165) is 21.2 Å². The summed E-state index contributed by atoms with van der Waals surface area (Å²) in [5, 5.41) is 8.87. The molecule has 2 aromatic carbocycles. The van der Waals surface area contributed by atoms with Gasteiger partial charge in [-0.15, -0.1) is 0 Å². The van der Waals surface area contributed by atoms with Crippen molar-refractivity contribution in [1.82, 2.24) is 0 Å². The Morgan fingerprint density at radius 3 is 2.42 bits per heavy atom. The molecule has 0 radical (unpaired) electrons. The van der Waals surface area contributed by atoms with Gasteiger partial charge in [0.25, 0.3) is 0 Å². The molecule has 0 aliphatic carbocycles. The Morgan fingerprint density at radius 2 is 1.84 bits per heavy atom. The molecule has 0 aliphatic rings. The van der Waals surface area contributed by atoms with E-state index in [1.54, 1.807) is 24.3 Å². The van der Waals surface area contributed by atoms with Crippen molar-refractivity contribution < 1.29 is 9.90 Å². The zero-order chi connectivity index (χ0) is 14.0. The minimum absolute atomic E-state index is 0.264. The molecular formula is C15H14BrNO2. The third-order valence-corrected chi connectivity index (χ3v) is 3.59. The highest BCUT2D eigenvalue weighted by molar-refractivity contribution is 9.10. The molecule has 1 atom stereocenters. The van der Waals surface area contributed by atoms with Crippen LogP contribution in [0.1, 0.15) is 33.1 Å². The number of aromatic carboxylic acids is 1. The second-order valence-corrected chi connectivity index (χ2v) is 5.32. The van der Waals surface area contributed by atoms with Crippen molar-refractivity contribution in [2.75, 3.05) is 0 Å². The Hall–Kier alpha value is -1.65. The van der Waals surface area contributed by atoms with E-state index in [0.29, 0.717) is 0 Å². The van der Waals surface area contributed by atoms with Gasteiger partial charge in [-0.2, -0.15) is 0 Å². The van der Waals surface area contributed by atoms with Gasteiger partial charge in [0.15, 0.2) is 0 Å². The molecule has 4 heteroatoms. The largest absolute Gasteiger partial charge is 0.478 e. The molecule has 0 aromatic heterocycles. The first-order chi connectivity index (χ1) is 8.99. The lowest BCUT2D eigenvalue weighted by Crippen LogP contribution is -2.13. The summed E-state index contributed by atoms with van der Waals surface area (Å²) in [5.41, 5.74) is 9.54. The fourth-order valence-corrected chi connectivity index (χ4v) is 2.34. The van der Waals surface area contributed by atoms with Gasteiger partial charge in [-0.25, -0.2) is 4.79 Å². The maximum absolute atomic E-state index is 10.8. The monoisotopic (exact) mass is 319 g/mol. The molecule has 0 amide bonds. The molecular weight excluding hydrogens is 306 g/mol. The zero-order valence-corrected chi connectivity index (χ0v) is 12.0. The number of rotatable bonds is 3. The molecule has 1 unspecified atom stereocenters. The smallest absolute Gasteiger partial charge is 0.335 e. The summed E-state index contributed by atoms with van der Waals surface area (Å²) in [4.78, 5) is 10.8. The first-order valence-corrected chi connectivity index (χ1v) is 6.63. The normalized spacial score (nSPS) is 12.2. The number of hydrogen-bond acceptors (Lipinski definition) is 2. The predicted octanol–water partition coefficient (Wildman–Crippen LogP) is 3.50. The van der Waals surface area contributed by atoms with Gasteiger partial charge >= 0.3 is 5.97 Å². The molecule has 3 nitrogen and oxygen atoms in total. The van der Waals surface area contributed by atoms with E-state index in [1.807, 2.05) is 25.1 Å². The van der Waals surface area contributed by atoms with Crippen molar-refractivity contribution in [2.45, 2.75) is 13.0 Å². The van der Waals surface area contributed by atoms with Crippen LogP contribution < -0.4 is 5.73 Å². The maximum Gasteiger partial charge on any atom is 0.335 e. The molecule has 2 rings (SSSR count). The molecule has 0 saturated carbocycles. The highest BCUT2D eigenvalue weighted by Gasteiger charge is 2.12. The fraction of sp³-hybridized carbons (Fsp3) is 0.133. The third-order valence-electron chi connectivity index (χ3n) is 3.09. The summed E-state index contributed by atoms with van der Waals surface area (Å²) in [6.07, 6.45) is 0. The van der Waals surface area contributed by atoms with Crippen LogP contribution in [0.2, 0.25) is 0 Å². The third kappa shape index (κ3) is 3.03. The second-order valence-electron chi connectivity index (χ2n) is 4.41. The Morgan fingerprint density at radius 1 is 1.21 bits per heavy atom. The van der Waals surface area contributed by atoms with E-state index in [1.165, 1.54) is 0 Å². The van der Waals surface area contributed by atoms with Gasteiger partial charge in [0.2, 0.25) is 0 Å². The highest BCUT2D eigenvalue weighted by Crippen LogP contribution is 2.25. The molecule has 0 spiro atoms. The van der Waals surface area contributed by atoms with E-state index >= 15 is 0 Å². The summed E-state index contributed by atoms with van der Waals surface area (Å²) < 4.78 is 0.978. The Balaban J connectivity index is 2.35. The molecule has 0 fully saturated rings. The minimum Gasteiger partial charge on any atom is -0.478 e. The van der Waals surface area contributed by atoms with Crippen molar-refractivity contribution in [3.63, 3.8) is 0 Å². The van der Waals surface area contributed by atoms with E-state index in [2.05, 4.69) is 15.9 Å². The highest BCUT2D eigenvalue weighted by atomic mass is 79.9. The van der Waals surface area contributed by atoms with E-state index in [9.17, 15) is 4.79 Å². The van der Waals surface area contributed by atoms with Crippen molar-refractivity contribution in [3.8, 4) is 0 Å². The molecule has 3 N–H and O–H groups in total. The van der Waals surface area contributed by atoms with Gasteiger partial charge in [0.1, 0.15) is 0 Å². The number of benzene rings is 2. The lowest BCUT2D eigenvalue weighted by molar-refractivity contribution is 0.0697. The fourth-order valence-electron chi connectivity index (χ4n) is 1.96. The van der Waals surface area contributed by atoms with E-state index < -0.39 is 5.97 Å². The van der Waals surface area contributed by atoms with Gasteiger partial charge in [-0.05, 0) is 47.9 Å². The van der Waals surface area contributed by atoms with Gasteiger partial charge in [0.05, 0.1) is 11.6 Å². The minimum atomic E-state index is -0.932. The van der Waals surface area contributed by atoms with E-state index in [4.69, 9.17) is 10.8 Å². The summed E-state index contributed by atoms with van der Waals surface area (Å²) in [6, 6.07) is 12.4. The van der Waals surface area contributed by atoms with Crippen LogP contribution in [0.15, 0.2) is 46.9 Å². The molecule has 19 heavy (non-hydrogen) atoms. The second kappa shape index (κ2) is 5.55. The van der Waals surface area contributed by atoms with Crippen molar-refractivity contribution in [3.05, 3.63) is 69.2 Å². The molecule has 0 saturated heterocycles. The molecule has 98 valence electrons. The van der Waals surface area contributed by atoms with Crippen LogP contribution in [0.4, 0.5) is 0 Å². The number of carboxylic acid groups (broad SMARTS) is 1. The van der Waals surface area contributed by atoms with E-state index in [-0.39, 0.29) is 11.6 Å². The lowest BCUT2D eigenvalue weighted by atomic mass is 9.95. The van der Waals surface area contributed by atoms with Crippen LogP contribution in [-0.2, 0) is 0 Å². The molecule has 0 bridgehead atoms. The SMILES string of the molecule is Cc1ccc(Br)cc1C(N)c1ccc(C(=O)O)cc1. The summed E-state index contributed by atoms with van der Waals surface area (Å²) in [6.45, 7) is 2.01. The number of nitrogens with two attached hydrogens (primary N) is 1. The van der Waals surface area contributed by atoms with Crippen LogP contribution in [0, 0.1) is 6.92 Å². The average Bonchev–Trinajstić information content (AvgIpc) is 2.41. The number of carboxylic acids is 1. The zero-order valence-electron chi connectivity index (χ0n) is 10.4. The lowest BCUT2D eigenvalue weighted by Gasteiger charge is -2.16. The van der Waals surface area contributed by atoms with Crippen LogP contribution in [0.25, 0.3) is 0 Å². The molecule has 0 aliphatic heterocycles. The number of halogens is 1. The Kier molecular flexibility index (Phi) is 4.02. The van der Waals surface area contributed by atoms with Gasteiger partial charge < -0.3 is 10.8 Å². The molecule has 2 aromatic rings. The van der Waals surface area contributed by atoms with Gasteiger partial charge in [-0.1, -0.05) is 34.1 Å². The number of carbonyl (C=O) groups is 1. The first kappa shape index (κ1) is 13.8. The maximum atomic E-state index is 10.8. The number of aryl methyl sites for hydroxylation is 1. The van der Waals surface area contributed by atoms with Crippen LogP contribution in [0.3, 0.4) is 0 Å². The topological polar surface area (TPSA) is 63.3 Å². The van der Waals surface area contributed by atoms with Crippen LogP contribution >= 0.6 is 15.9 Å². The Labute approximate surface area is 120 Å².